The lowest BCUT2D eigenvalue weighted by molar-refractivity contribution is 0.669. The van der Waals surface area contributed by atoms with E-state index in [4.69, 9.17) is 8.83 Å². The average molecular weight is 737 g/mol. The molecule has 13 rings (SSSR count). The molecule has 0 aliphatic rings. The van der Waals surface area contributed by atoms with Crippen LogP contribution in [0.25, 0.3) is 131 Å². The van der Waals surface area contributed by atoms with Crippen molar-refractivity contribution in [2.75, 3.05) is 0 Å². The minimum Gasteiger partial charge on any atom is -0.456 e. The highest BCUT2D eigenvalue weighted by molar-refractivity contribution is 6.28. The Morgan fingerprint density at radius 3 is 1.24 bits per heavy atom. The highest BCUT2D eigenvalue weighted by atomic mass is 16.3. The van der Waals surface area contributed by atoms with Gasteiger partial charge in [-0.05, 0) is 113 Å². The van der Waals surface area contributed by atoms with Gasteiger partial charge in [0, 0.05) is 32.7 Å². The van der Waals surface area contributed by atoms with Crippen molar-refractivity contribution in [3.8, 4) is 33.4 Å². The molecule has 0 bridgehead atoms. The summed E-state index contributed by atoms with van der Waals surface area (Å²) in [5.74, 6) is 0. The molecule has 2 nitrogen and oxygen atoms in total. The van der Waals surface area contributed by atoms with E-state index in [1.165, 1.54) is 76.5 Å². The van der Waals surface area contributed by atoms with Gasteiger partial charge in [-0.15, -0.1) is 0 Å². The van der Waals surface area contributed by atoms with E-state index in [0.29, 0.717) is 0 Å². The molecule has 0 atom stereocenters. The third-order valence-corrected chi connectivity index (χ3v) is 12.4. The lowest BCUT2D eigenvalue weighted by atomic mass is 9.83. The number of para-hydroxylation sites is 2. The molecule has 58 heavy (non-hydrogen) atoms. The summed E-state index contributed by atoms with van der Waals surface area (Å²) < 4.78 is 13.2. The van der Waals surface area contributed by atoms with Crippen LogP contribution >= 0.6 is 0 Å². The summed E-state index contributed by atoms with van der Waals surface area (Å²) in [5, 5.41) is 16.5. The molecule has 0 saturated carbocycles. The highest BCUT2D eigenvalue weighted by Crippen LogP contribution is 2.50. The van der Waals surface area contributed by atoms with E-state index in [-0.39, 0.29) is 0 Å². The van der Waals surface area contributed by atoms with E-state index in [1.54, 1.807) is 0 Å². The molecule has 0 fully saturated rings. The Morgan fingerprint density at radius 1 is 0.241 bits per heavy atom. The molecule has 2 heterocycles. The molecule has 268 valence electrons. The average Bonchev–Trinajstić information content (AvgIpc) is 3.84. The fraction of sp³-hybridized carbons (Fsp3) is 0. The highest BCUT2D eigenvalue weighted by Gasteiger charge is 2.23. The quantitative estimate of drug-likeness (QED) is 0.169. The third-order valence-electron chi connectivity index (χ3n) is 12.4. The van der Waals surface area contributed by atoms with Crippen molar-refractivity contribution >= 4 is 97.7 Å². The van der Waals surface area contributed by atoms with Crippen LogP contribution in [0.2, 0.25) is 0 Å². The number of rotatable bonds is 3. The van der Waals surface area contributed by atoms with Gasteiger partial charge in [0.05, 0.1) is 0 Å². The maximum Gasteiger partial charge on any atom is 0.136 e. The summed E-state index contributed by atoms with van der Waals surface area (Å²) in [6.07, 6.45) is 0. The van der Waals surface area contributed by atoms with Crippen molar-refractivity contribution in [1.29, 1.82) is 0 Å². The smallest absolute Gasteiger partial charge is 0.136 e. The van der Waals surface area contributed by atoms with Crippen LogP contribution in [0, 0.1) is 0 Å². The number of furan rings is 2. The van der Waals surface area contributed by atoms with E-state index in [2.05, 4.69) is 194 Å². The van der Waals surface area contributed by atoms with Gasteiger partial charge < -0.3 is 8.83 Å². The van der Waals surface area contributed by atoms with Crippen LogP contribution in [0.4, 0.5) is 0 Å². The van der Waals surface area contributed by atoms with Crippen molar-refractivity contribution in [3.63, 3.8) is 0 Å². The molecule has 0 amide bonds. The minimum absolute atomic E-state index is 0.895. The molecule has 11 aromatic carbocycles. The lowest BCUT2D eigenvalue weighted by Gasteiger charge is -2.19. The van der Waals surface area contributed by atoms with Crippen molar-refractivity contribution in [2.45, 2.75) is 0 Å². The van der Waals surface area contributed by atoms with Crippen LogP contribution in [0.1, 0.15) is 0 Å². The fourth-order valence-corrected chi connectivity index (χ4v) is 9.92. The van der Waals surface area contributed by atoms with Gasteiger partial charge in [-0.3, -0.25) is 0 Å². The summed E-state index contributed by atoms with van der Waals surface area (Å²) in [5.41, 5.74) is 10.7. The van der Waals surface area contributed by atoms with Crippen LogP contribution < -0.4 is 0 Å². The van der Waals surface area contributed by atoms with Gasteiger partial charge in [0.15, 0.2) is 0 Å². The molecular weight excluding hydrogens is 705 g/mol. The zero-order valence-corrected chi connectivity index (χ0v) is 31.3. The van der Waals surface area contributed by atoms with E-state index >= 15 is 0 Å². The molecule has 0 radical (unpaired) electrons. The summed E-state index contributed by atoms with van der Waals surface area (Å²) >= 11 is 0. The Morgan fingerprint density at radius 2 is 0.690 bits per heavy atom. The second-order valence-corrected chi connectivity index (χ2v) is 15.5. The first kappa shape index (κ1) is 31.5. The summed E-state index contributed by atoms with van der Waals surface area (Å²) in [4.78, 5) is 0. The van der Waals surface area contributed by atoms with Gasteiger partial charge in [0.2, 0.25) is 0 Å². The molecule has 0 spiro atoms. The van der Waals surface area contributed by atoms with Crippen molar-refractivity contribution in [1.82, 2.24) is 0 Å². The Kier molecular flexibility index (Phi) is 6.47. The molecule has 2 heteroatoms. The number of hydrogen-bond donors (Lipinski definition) is 0. The largest absolute Gasteiger partial charge is 0.456 e. The molecule has 2 aromatic heterocycles. The van der Waals surface area contributed by atoms with Gasteiger partial charge in [-0.25, -0.2) is 0 Å². The van der Waals surface area contributed by atoms with Crippen LogP contribution in [0.3, 0.4) is 0 Å². The third kappa shape index (κ3) is 4.43. The summed E-state index contributed by atoms with van der Waals surface area (Å²) in [6.45, 7) is 0. The minimum atomic E-state index is 0.895. The Balaban J connectivity index is 1.24. The van der Waals surface area contributed by atoms with E-state index in [9.17, 15) is 0 Å². The van der Waals surface area contributed by atoms with Gasteiger partial charge >= 0.3 is 0 Å². The van der Waals surface area contributed by atoms with E-state index < -0.39 is 0 Å². The van der Waals surface area contributed by atoms with Crippen LogP contribution in [-0.4, -0.2) is 0 Å². The van der Waals surface area contributed by atoms with Gasteiger partial charge in [-0.1, -0.05) is 158 Å². The molecule has 0 saturated heterocycles. The van der Waals surface area contributed by atoms with Crippen molar-refractivity contribution in [3.05, 3.63) is 194 Å². The fourth-order valence-electron chi connectivity index (χ4n) is 9.92. The normalized spacial score (nSPS) is 12.1. The zero-order chi connectivity index (χ0) is 37.9. The first-order valence-electron chi connectivity index (χ1n) is 19.9. The van der Waals surface area contributed by atoms with Crippen molar-refractivity contribution in [2.24, 2.45) is 0 Å². The van der Waals surface area contributed by atoms with Crippen molar-refractivity contribution < 1.29 is 8.83 Å². The SMILES string of the molecule is c1ccc2cc(-c3c4cccc(-c5c6ccccc6cc6oc7ccccc7c56)c4cc4c(-c5c6ccccc6cc6oc7ccccc7c56)cccc34)ccc2c1. The van der Waals surface area contributed by atoms with E-state index in [0.717, 1.165) is 54.6 Å². The molecular formula is C56H32O2. The first-order valence-corrected chi connectivity index (χ1v) is 19.9. The second-order valence-electron chi connectivity index (χ2n) is 15.5. The predicted octanol–water partition coefficient (Wildman–Crippen LogP) is 16.3. The molecule has 0 aliphatic heterocycles. The molecule has 0 aliphatic carbocycles. The summed E-state index contributed by atoms with van der Waals surface area (Å²) in [7, 11) is 0. The van der Waals surface area contributed by atoms with E-state index in [1.807, 2.05) is 0 Å². The maximum atomic E-state index is 6.62. The standard InChI is InChI=1S/C56H32O2/c1-2-14-34-29-37(28-27-33(34)13-1)52-40-21-11-23-42(53-38-17-5-3-15-35(38)30-50-55(53)44-19-7-9-25-48(44)57-50)46(40)32-47-41(52)22-12-24-43(47)54-39-18-6-4-16-36(39)31-51-56(54)45-20-8-10-26-49(45)58-51/h1-32H. The molecule has 0 N–H and O–H groups in total. The Bertz CT molecular complexity index is 3650. The van der Waals surface area contributed by atoms with Gasteiger partial charge in [-0.2, -0.15) is 0 Å². The number of benzene rings is 11. The van der Waals surface area contributed by atoms with Gasteiger partial charge in [0.1, 0.15) is 22.3 Å². The first-order chi connectivity index (χ1) is 28.8. The zero-order valence-electron chi connectivity index (χ0n) is 31.3. The lowest BCUT2D eigenvalue weighted by Crippen LogP contribution is -1.92. The summed E-state index contributed by atoms with van der Waals surface area (Å²) in [6, 6.07) is 70.5. The van der Waals surface area contributed by atoms with Gasteiger partial charge in [0.25, 0.3) is 0 Å². The monoisotopic (exact) mass is 736 g/mol. The maximum absolute atomic E-state index is 6.62. The molecule has 0 unspecified atom stereocenters. The van der Waals surface area contributed by atoms with Crippen LogP contribution in [0.5, 0.6) is 0 Å². The second kappa shape index (κ2) is 11.9. The number of fused-ring (bicyclic) bond motifs is 11. The number of hydrogen-bond acceptors (Lipinski definition) is 2. The Hall–Kier alpha value is -7.68. The predicted molar refractivity (Wildman–Crippen MR) is 245 cm³/mol. The molecule has 13 aromatic rings. The van der Waals surface area contributed by atoms with Crippen LogP contribution in [-0.2, 0) is 0 Å². The van der Waals surface area contributed by atoms with Crippen LogP contribution in [0.15, 0.2) is 203 Å². The Labute approximate surface area is 332 Å². The topological polar surface area (TPSA) is 26.3 Å².